The predicted molar refractivity (Wildman–Crippen MR) is 58.1 cm³/mol. The second kappa shape index (κ2) is 6.87. The highest BCUT2D eigenvalue weighted by atomic mass is 35.5. The Labute approximate surface area is 86.2 Å². The van der Waals surface area contributed by atoms with Crippen LogP contribution in [-0.2, 0) is 6.54 Å². The highest BCUT2D eigenvalue weighted by Crippen LogP contribution is 1.97. The molecule has 13 heavy (non-hydrogen) atoms. The largest absolute Gasteiger partial charge is 0.310 e. The average molecular weight is 201 g/mol. The van der Waals surface area contributed by atoms with Crippen molar-refractivity contribution in [1.29, 1.82) is 0 Å². The summed E-state index contributed by atoms with van der Waals surface area (Å²) in [4.78, 5) is 3.96. The van der Waals surface area contributed by atoms with Crippen LogP contribution >= 0.6 is 12.4 Å². The maximum Gasteiger partial charge on any atom is 0.0271 e. The molecule has 3 heteroatoms. The van der Waals surface area contributed by atoms with Gasteiger partial charge in [0, 0.05) is 25.0 Å². The third-order valence-corrected chi connectivity index (χ3v) is 2.02. The van der Waals surface area contributed by atoms with Crippen LogP contribution in [0, 0.1) is 0 Å². The van der Waals surface area contributed by atoms with E-state index in [1.165, 1.54) is 12.0 Å². The molecule has 0 fully saturated rings. The summed E-state index contributed by atoms with van der Waals surface area (Å²) >= 11 is 0. The van der Waals surface area contributed by atoms with Gasteiger partial charge in [-0.05, 0) is 31.0 Å². The van der Waals surface area contributed by atoms with Gasteiger partial charge in [0.05, 0.1) is 0 Å². The first-order valence-corrected chi connectivity index (χ1v) is 4.45. The molecule has 0 bridgehead atoms. The number of pyridine rings is 1. The Morgan fingerprint density at radius 3 is 2.54 bits per heavy atom. The Morgan fingerprint density at radius 1 is 1.38 bits per heavy atom. The molecule has 0 spiro atoms. The van der Waals surface area contributed by atoms with Gasteiger partial charge in [-0.15, -0.1) is 12.4 Å². The highest BCUT2D eigenvalue weighted by molar-refractivity contribution is 5.85. The first-order chi connectivity index (χ1) is 5.83. The molecule has 0 aromatic carbocycles. The Bertz CT molecular complexity index is 213. The Morgan fingerprint density at radius 2 is 2.00 bits per heavy atom. The molecule has 0 aliphatic carbocycles. The van der Waals surface area contributed by atoms with Gasteiger partial charge < -0.3 is 5.32 Å². The van der Waals surface area contributed by atoms with E-state index in [9.17, 15) is 0 Å². The van der Waals surface area contributed by atoms with Crippen molar-refractivity contribution in [2.75, 3.05) is 0 Å². The van der Waals surface area contributed by atoms with Gasteiger partial charge >= 0.3 is 0 Å². The van der Waals surface area contributed by atoms with Gasteiger partial charge in [-0.25, -0.2) is 0 Å². The first kappa shape index (κ1) is 12.4. The van der Waals surface area contributed by atoms with Crippen LogP contribution in [0.25, 0.3) is 0 Å². The molecule has 0 aliphatic heterocycles. The van der Waals surface area contributed by atoms with Crippen LogP contribution in [0.15, 0.2) is 24.5 Å². The van der Waals surface area contributed by atoms with Gasteiger partial charge in [-0.1, -0.05) is 6.92 Å². The van der Waals surface area contributed by atoms with E-state index < -0.39 is 0 Å². The summed E-state index contributed by atoms with van der Waals surface area (Å²) in [7, 11) is 0. The van der Waals surface area contributed by atoms with Gasteiger partial charge in [0.25, 0.3) is 0 Å². The molecule has 0 saturated heterocycles. The van der Waals surface area contributed by atoms with Crippen LogP contribution in [0.5, 0.6) is 0 Å². The molecule has 0 radical (unpaired) electrons. The number of halogens is 1. The fourth-order valence-corrected chi connectivity index (χ4v) is 0.937. The van der Waals surface area contributed by atoms with E-state index in [1.54, 1.807) is 0 Å². The second-order valence-electron chi connectivity index (χ2n) is 3.05. The maximum absolute atomic E-state index is 3.96. The third-order valence-electron chi connectivity index (χ3n) is 2.02. The van der Waals surface area contributed by atoms with Crippen molar-refractivity contribution >= 4 is 12.4 Å². The lowest BCUT2D eigenvalue weighted by Crippen LogP contribution is -2.24. The fraction of sp³-hybridized carbons (Fsp3) is 0.500. The van der Waals surface area contributed by atoms with E-state index in [1.807, 2.05) is 24.5 Å². The number of nitrogens with one attached hydrogen (secondary N) is 1. The SMILES string of the molecule is CCC(C)NCc1ccncc1.Cl. The normalized spacial score (nSPS) is 11.8. The first-order valence-electron chi connectivity index (χ1n) is 4.45. The number of hydrogen-bond donors (Lipinski definition) is 1. The van der Waals surface area contributed by atoms with Crippen molar-refractivity contribution in [3.63, 3.8) is 0 Å². The van der Waals surface area contributed by atoms with Crippen LogP contribution in [0.1, 0.15) is 25.8 Å². The molecular formula is C10H17ClN2. The third kappa shape index (κ3) is 4.86. The molecule has 1 aromatic heterocycles. The van der Waals surface area contributed by atoms with Crippen molar-refractivity contribution in [1.82, 2.24) is 10.3 Å². The number of rotatable bonds is 4. The minimum atomic E-state index is 0. The van der Waals surface area contributed by atoms with Crippen LogP contribution in [0.4, 0.5) is 0 Å². The average Bonchev–Trinajstić information content (AvgIpc) is 2.16. The monoisotopic (exact) mass is 200 g/mol. The zero-order chi connectivity index (χ0) is 8.81. The van der Waals surface area contributed by atoms with Gasteiger partial charge in [-0.2, -0.15) is 0 Å². The molecule has 1 aromatic rings. The smallest absolute Gasteiger partial charge is 0.0271 e. The molecule has 1 rings (SSSR count). The summed E-state index contributed by atoms with van der Waals surface area (Å²) in [6.45, 7) is 5.32. The van der Waals surface area contributed by atoms with Gasteiger partial charge in [0.15, 0.2) is 0 Å². The summed E-state index contributed by atoms with van der Waals surface area (Å²) in [5.41, 5.74) is 1.30. The zero-order valence-electron chi connectivity index (χ0n) is 8.16. The zero-order valence-corrected chi connectivity index (χ0v) is 8.97. The number of aromatic nitrogens is 1. The van der Waals surface area contributed by atoms with E-state index in [4.69, 9.17) is 0 Å². The maximum atomic E-state index is 3.96. The molecule has 0 amide bonds. The van der Waals surface area contributed by atoms with Gasteiger partial charge in [-0.3, -0.25) is 4.98 Å². The van der Waals surface area contributed by atoms with E-state index in [0.717, 1.165) is 6.54 Å². The summed E-state index contributed by atoms with van der Waals surface area (Å²) < 4.78 is 0. The van der Waals surface area contributed by atoms with E-state index in [2.05, 4.69) is 24.1 Å². The minimum Gasteiger partial charge on any atom is -0.310 e. The second-order valence-corrected chi connectivity index (χ2v) is 3.05. The van der Waals surface area contributed by atoms with Gasteiger partial charge in [0.1, 0.15) is 0 Å². The van der Waals surface area contributed by atoms with E-state index in [-0.39, 0.29) is 12.4 Å². The molecule has 0 aliphatic rings. The van der Waals surface area contributed by atoms with Crippen LogP contribution in [0.3, 0.4) is 0 Å². The lowest BCUT2D eigenvalue weighted by Gasteiger charge is -2.10. The van der Waals surface area contributed by atoms with Crippen molar-refractivity contribution in [3.05, 3.63) is 30.1 Å². The molecule has 1 atom stereocenters. The van der Waals surface area contributed by atoms with E-state index >= 15 is 0 Å². The summed E-state index contributed by atoms with van der Waals surface area (Å²) in [6, 6.07) is 4.67. The predicted octanol–water partition coefficient (Wildman–Crippen LogP) is 2.39. The van der Waals surface area contributed by atoms with Gasteiger partial charge in [0.2, 0.25) is 0 Å². The highest BCUT2D eigenvalue weighted by Gasteiger charge is 1.96. The minimum absolute atomic E-state index is 0. The Balaban J connectivity index is 0.00000144. The quantitative estimate of drug-likeness (QED) is 0.808. The Hall–Kier alpha value is -0.600. The molecule has 1 unspecified atom stereocenters. The number of hydrogen-bond acceptors (Lipinski definition) is 2. The van der Waals surface area contributed by atoms with Crippen molar-refractivity contribution in [3.8, 4) is 0 Å². The van der Waals surface area contributed by atoms with Crippen LogP contribution in [-0.4, -0.2) is 11.0 Å². The lowest BCUT2D eigenvalue weighted by molar-refractivity contribution is 0.534. The molecule has 1 N–H and O–H groups in total. The molecule has 74 valence electrons. The summed E-state index contributed by atoms with van der Waals surface area (Å²) in [5, 5.41) is 3.42. The topological polar surface area (TPSA) is 24.9 Å². The molecule has 1 heterocycles. The van der Waals surface area contributed by atoms with Crippen molar-refractivity contribution in [2.24, 2.45) is 0 Å². The molecule has 0 saturated carbocycles. The van der Waals surface area contributed by atoms with E-state index in [0.29, 0.717) is 6.04 Å². The molecule has 2 nitrogen and oxygen atoms in total. The van der Waals surface area contributed by atoms with Crippen LogP contribution < -0.4 is 5.32 Å². The van der Waals surface area contributed by atoms with Crippen molar-refractivity contribution in [2.45, 2.75) is 32.9 Å². The summed E-state index contributed by atoms with van der Waals surface area (Å²) in [5.74, 6) is 0. The Kier molecular flexibility index (Phi) is 6.55. The van der Waals surface area contributed by atoms with Crippen molar-refractivity contribution < 1.29 is 0 Å². The number of nitrogens with zero attached hydrogens (tertiary/aromatic N) is 1. The standard InChI is InChI=1S/C10H16N2.ClH/c1-3-9(2)12-8-10-4-6-11-7-5-10;/h4-7,9,12H,3,8H2,1-2H3;1H. The lowest BCUT2D eigenvalue weighted by atomic mass is 10.2. The van der Waals surface area contributed by atoms with Crippen LogP contribution in [0.2, 0.25) is 0 Å². The molecular weight excluding hydrogens is 184 g/mol. The summed E-state index contributed by atoms with van der Waals surface area (Å²) in [6.07, 6.45) is 4.83. The fourth-order valence-electron chi connectivity index (χ4n) is 0.937.